The Balaban J connectivity index is 2.54. The van der Waals surface area contributed by atoms with Crippen LogP contribution < -0.4 is 5.53 Å². The second kappa shape index (κ2) is 5.40. The highest BCUT2D eigenvalue weighted by Crippen LogP contribution is 2.38. The highest BCUT2D eigenvalue weighted by Gasteiger charge is 2.51. The van der Waals surface area contributed by atoms with E-state index in [1.807, 2.05) is 0 Å². The highest BCUT2D eigenvalue weighted by molar-refractivity contribution is 6.23. The third-order valence-corrected chi connectivity index (χ3v) is 3.14. The first-order valence-corrected chi connectivity index (χ1v) is 5.90. The molecule has 0 spiro atoms. The van der Waals surface area contributed by atoms with Crippen LogP contribution in [0.1, 0.15) is 6.42 Å². The molecular weight excluding hydrogens is 262 g/mol. The van der Waals surface area contributed by atoms with Crippen LogP contribution in [0.15, 0.2) is 45.7 Å². The summed E-state index contributed by atoms with van der Waals surface area (Å²) >= 11 is 0. The van der Waals surface area contributed by atoms with E-state index in [0.29, 0.717) is 11.1 Å². The summed E-state index contributed by atoms with van der Waals surface area (Å²) in [5.41, 5.74) is 1.60. The van der Waals surface area contributed by atoms with Crippen LogP contribution in [0.2, 0.25) is 0 Å². The molecule has 7 heteroatoms. The fourth-order valence-corrected chi connectivity index (χ4v) is 2.27. The number of fused-ring (bicyclic) bond motifs is 1. The van der Waals surface area contributed by atoms with Crippen molar-refractivity contribution in [2.75, 3.05) is 7.11 Å². The first kappa shape index (κ1) is 14.2. The summed E-state index contributed by atoms with van der Waals surface area (Å²) < 4.78 is 4.63. The lowest BCUT2D eigenvalue weighted by atomic mass is 9.99. The fourth-order valence-electron chi connectivity index (χ4n) is 2.27. The van der Waals surface area contributed by atoms with Crippen molar-refractivity contribution >= 4 is 18.4 Å². The third-order valence-electron chi connectivity index (χ3n) is 3.14. The van der Waals surface area contributed by atoms with Gasteiger partial charge in [-0.3, -0.25) is 0 Å². The second-order valence-corrected chi connectivity index (χ2v) is 4.39. The Morgan fingerprint density at radius 2 is 2.40 bits per heavy atom. The molecule has 0 bridgehead atoms. The van der Waals surface area contributed by atoms with E-state index in [9.17, 15) is 15.0 Å². The largest absolute Gasteiger partial charge is 0.467 e. The van der Waals surface area contributed by atoms with Gasteiger partial charge in [-0.1, -0.05) is 18.2 Å². The molecule has 20 heavy (non-hydrogen) atoms. The van der Waals surface area contributed by atoms with Crippen LogP contribution in [0, 0.1) is 0 Å². The molecule has 2 rings (SSSR count). The number of carbonyl (C=O) groups is 1. The Labute approximate surface area is 115 Å². The number of nitrogens with one attached hydrogen (secondary N) is 1. The quantitative estimate of drug-likeness (QED) is 0.371. The molecule has 0 saturated heterocycles. The number of rotatable bonds is 3. The molecule has 106 valence electrons. The number of carbonyl (C=O) groups excluding carboxylic acids is 1. The van der Waals surface area contributed by atoms with Crippen LogP contribution in [0.5, 0.6) is 0 Å². The van der Waals surface area contributed by atoms with Crippen LogP contribution >= 0.6 is 0 Å². The van der Waals surface area contributed by atoms with E-state index in [4.69, 9.17) is 0 Å². The maximum Gasteiger partial charge on any atom is 0.344 e. The van der Waals surface area contributed by atoms with Crippen molar-refractivity contribution in [1.82, 2.24) is 5.53 Å². The van der Waals surface area contributed by atoms with Gasteiger partial charge in [-0.05, 0) is 11.6 Å². The summed E-state index contributed by atoms with van der Waals surface area (Å²) in [5.74, 6) is -0.824. The smallest absolute Gasteiger partial charge is 0.344 e. The number of allylic oxidation sites excluding steroid dienone is 2. The minimum atomic E-state index is -1.91. The highest BCUT2D eigenvalue weighted by atomic mass is 16.5. The van der Waals surface area contributed by atoms with Crippen molar-refractivity contribution in [2.24, 2.45) is 10.2 Å². The molecule has 2 atom stereocenters. The van der Waals surface area contributed by atoms with Gasteiger partial charge in [-0.25, -0.2) is 4.79 Å². The lowest BCUT2D eigenvalue weighted by Crippen LogP contribution is -2.44. The number of hydrazone groups is 2. The molecule has 2 aliphatic carbocycles. The predicted molar refractivity (Wildman–Crippen MR) is 73.0 cm³/mol. The summed E-state index contributed by atoms with van der Waals surface area (Å²) in [4.78, 5) is 11.9. The number of aliphatic hydroxyl groups is 2. The van der Waals surface area contributed by atoms with Crippen molar-refractivity contribution in [1.29, 1.82) is 0 Å². The molecule has 0 aromatic rings. The lowest BCUT2D eigenvalue weighted by molar-refractivity contribution is -0.154. The third kappa shape index (κ3) is 2.28. The molecule has 0 heterocycles. The van der Waals surface area contributed by atoms with Gasteiger partial charge in [-0.2, -0.15) is 15.7 Å². The SMILES string of the molecule is C=NN/N=C1\C2=CC=CC(O)C=C2CC1(O)C(=O)OC. The molecule has 1 saturated carbocycles. The van der Waals surface area contributed by atoms with Gasteiger partial charge in [0, 0.05) is 18.7 Å². The predicted octanol–water partition coefficient (Wildman–Crippen LogP) is -0.361. The lowest BCUT2D eigenvalue weighted by Gasteiger charge is -2.19. The fraction of sp³-hybridized carbons (Fsp3) is 0.308. The normalized spacial score (nSPS) is 30.1. The van der Waals surface area contributed by atoms with Crippen LogP contribution in [0.25, 0.3) is 0 Å². The van der Waals surface area contributed by atoms with E-state index in [-0.39, 0.29) is 12.1 Å². The van der Waals surface area contributed by atoms with E-state index in [1.165, 1.54) is 7.11 Å². The molecule has 1 fully saturated rings. The number of ether oxygens (including phenoxy) is 1. The molecule has 0 aromatic heterocycles. The summed E-state index contributed by atoms with van der Waals surface area (Å²) in [7, 11) is 1.18. The summed E-state index contributed by atoms with van der Waals surface area (Å²) in [6.45, 7) is 3.21. The van der Waals surface area contributed by atoms with Gasteiger partial charge in [0.25, 0.3) is 0 Å². The van der Waals surface area contributed by atoms with E-state index in [2.05, 4.69) is 27.2 Å². The van der Waals surface area contributed by atoms with Crippen molar-refractivity contribution in [3.8, 4) is 0 Å². The average molecular weight is 277 g/mol. The van der Waals surface area contributed by atoms with Crippen molar-refractivity contribution in [3.63, 3.8) is 0 Å². The molecule has 2 aliphatic rings. The van der Waals surface area contributed by atoms with Crippen molar-refractivity contribution < 1.29 is 19.7 Å². The zero-order valence-corrected chi connectivity index (χ0v) is 10.9. The van der Waals surface area contributed by atoms with E-state index in [1.54, 1.807) is 24.3 Å². The standard InChI is InChI=1S/C13H15N3O4/c1-14-16-15-11-10-5-3-4-9(17)6-8(10)7-13(11,19)12(18)20-2/h3-6,9,16-17,19H,1,7H2,2H3/b15-11+. The minimum Gasteiger partial charge on any atom is -0.467 e. The Kier molecular flexibility index (Phi) is 3.82. The van der Waals surface area contributed by atoms with Crippen LogP contribution in [-0.2, 0) is 9.53 Å². The second-order valence-electron chi connectivity index (χ2n) is 4.39. The topological polar surface area (TPSA) is 104 Å². The summed E-state index contributed by atoms with van der Waals surface area (Å²) in [6, 6.07) is 0. The zero-order valence-electron chi connectivity index (χ0n) is 10.9. The van der Waals surface area contributed by atoms with Crippen LogP contribution in [-0.4, -0.2) is 47.4 Å². The zero-order chi connectivity index (χ0) is 14.8. The molecule has 0 amide bonds. The van der Waals surface area contributed by atoms with Crippen molar-refractivity contribution in [2.45, 2.75) is 18.1 Å². The number of esters is 1. The van der Waals surface area contributed by atoms with E-state index < -0.39 is 17.7 Å². The van der Waals surface area contributed by atoms with Gasteiger partial charge in [0.1, 0.15) is 5.71 Å². The molecule has 2 unspecified atom stereocenters. The minimum absolute atomic E-state index is 0.0259. The molecule has 7 nitrogen and oxygen atoms in total. The van der Waals surface area contributed by atoms with Gasteiger partial charge in [-0.15, -0.1) is 0 Å². The Morgan fingerprint density at radius 3 is 3.05 bits per heavy atom. The first-order valence-electron chi connectivity index (χ1n) is 5.90. The van der Waals surface area contributed by atoms with Gasteiger partial charge >= 0.3 is 5.97 Å². The van der Waals surface area contributed by atoms with E-state index in [0.717, 1.165) is 0 Å². The number of aliphatic hydroxyl groups excluding tert-OH is 1. The molecule has 0 aliphatic heterocycles. The van der Waals surface area contributed by atoms with Gasteiger partial charge in [0.15, 0.2) is 0 Å². The van der Waals surface area contributed by atoms with Crippen LogP contribution in [0.4, 0.5) is 0 Å². The summed E-state index contributed by atoms with van der Waals surface area (Å²) in [6.07, 6.45) is 5.60. The van der Waals surface area contributed by atoms with Crippen molar-refractivity contribution in [3.05, 3.63) is 35.5 Å². The molecular formula is C13H15N3O4. The number of nitrogens with zero attached hydrogens (tertiary/aromatic N) is 2. The number of hydrogen-bond donors (Lipinski definition) is 3. The Hall–Kier alpha value is -2.25. The monoisotopic (exact) mass is 277 g/mol. The molecule has 0 radical (unpaired) electrons. The Morgan fingerprint density at radius 1 is 1.65 bits per heavy atom. The van der Waals surface area contributed by atoms with Gasteiger partial charge < -0.3 is 14.9 Å². The van der Waals surface area contributed by atoms with Gasteiger partial charge in [0.2, 0.25) is 5.60 Å². The average Bonchev–Trinajstić information content (AvgIpc) is 2.56. The maximum atomic E-state index is 11.9. The van der Waals surface area contributed by atoms with E-state index >= 15 is 0 Å². The summed E-state index contributed by atoms with van der Waals surface area (Å²) in [5, 5.41) is 27.5. The maximum absolute atomic E-state index is 11.9. The molecule has 3 N–H and O–H groups in total. The molecule has 0 aromatic carbocycles. The Bertz CT molecular complexity index is 562. The van der Waals surface area contributed by atoms with Crippen LogP contribution in [0.3, 0.4) is 0 Å². The number of methoxy groups -OCH3 is 1. The first-order chi connectivity index (χ1) is 9.52. The number of hydrogen-bond acceptors (Lipinski definition) is 7. The van der Waals surface area contributed by atoms with Gasteiger partial charge in [0.05, 0.1) is 13.2 Å².